The van der Waals surface area contributed by atoms with Crippen LogP contribution in [0.1, 0.15) is 50.3 Å². The van der Waals surface area contributed by atoms with Gasteiger partial charge in [0.15, 0.2) is 0 Å². The molecule has 1 aliphatic rings. The van der Waals surface area contributed by atoms with E-state index in [9.17, 15) is 4.79 Å². The van der Waals surface area contributed by atoms with Crippen LogP contribution in [0, 0.1) is 6.92 Å². The number of carbonyl (C=O) groups is 1. The van der Waals surface area contributed by atoms with Crippen LogP contribution in [-0.4, -0.2) is 41.8 Å². The largest absolute Gasteiger partial charge is 0.444 e. The first-order valence-electron chi connectivity index (χ1n) is 8.53. The molecule has 1 saturated heterocycles. The summed E-state index contributed by atoms with van der Waals surface area (Å²) in [4.78, 5) is 17.0. The lowest BCUT2D eigenvalue weighted by Crippen LogP contribution is -2.45. The maximum atomic E-state index is 12.3. The second-order valence-corrected chi connectivity index (χ2v) is 8.87. The molecule has 2 rings (SSSR count). The first kappa shape index (κ1) is 18.3. The predicted molar refractivity (Wildman–Crippen MR) is 96.2 cm³/mol. The molecule has 0 aromatic carbocycles. The van der Waals surface area contributed by atoms with Gasteiger partial charge in [-0.25, -0.2) is 4.79 Å². The lowest BCUT2D eigenvalue weighted by atomic mass is 10.1. The van der Waals surface area contributed by atoms with Crippen LogP contribution in [0.15, 0.2) is 12.1 Å². The monoisotopic (exact) mass is 338 g/mol. The van der Waals surface area contributed by atoms with Gasteiger partial charge in [0, 0.05) is 34.9 Å². The smallest absolute Gasteiger partial charge is 0.410 e. The molecule has 1 aromatic rings. The predicted octanol–water partition coefficient (Wildman–Crippen LogP) is 3.98. The third kappa shape index (κ3) is 5.81. The van der Waals surface area contributed by atoms with E-state index in [0.29, 0.717) is 6.04 Å². The van der Waals surface area contributed by atoms with E-state index in [-0.39, 0.29) is 12.1 Å². The molecule has 1 N–H and O–H groups in total. The van der Waals surface area contributed by atoms with Crippen LogP contribution in [0.25, 0.3) is 0 Å². The zero-order valence-electron chi connectivity index (χ0n) is 15.0. The van der Waals surface area contributed by atoms with Crippen molar-refractivity contribution in [2.75, 3.05) is 13.1 Å². The Hall–Kier alpha value is -1.07. The molecule has 1 aromatic heterocycles. The van der Waals surface area contributed by atoms with Crippen molar-refractivity contribution in [2.45, 2.75) is 71.6 Å². The van der Waals surface area contributed by atoms with E-state index in [0.717, 1.165) is 32.4 Å². The molecule has 0 radical (unpaired) electrons. The fourth-order valence-corrected chi connectivity index (χ4v) is 3.93. The summed E-state index contributed by atoms with van der Waals surface area (Å²) >= 11 is 1.86. The first-order chi connectivity index (χ1) is 10.7. The summed E-state index contributed by atoms with van der Waals surface area (Å²) in [6.45, 7) is 11.7. The Morgan fingerprint density at radius 2 is 2.22 bits per heavy atom. The summed E-state index contributed by atoms with van der Waals surface area (Å²) in [6.07, 6.45) is 2.97. The van der Waals surface area contributed by atoms with Gasteiger partial charge in [-0.2, -0.15) is 0 Å². The molecule has 2 unspecified atom stereocenters. The average molecular weight is 339 g/mol. The summed E-state index contributed by atoms with van der Waals surface area (Å²) in [5, 5.41) is 3.59. The van der Waals surface area contributed by atoms with Gasteiger partial charge < -0.3 is 15.0 Å². The molecule has 1 fully saturated rings. The van der Waals surface area contributed by atoms with E-state index in [4.69, 9.17) is 4.74 Å². The van der Waals surface area contributed by atoms with Crippen molar-refractivity contribution in [2.24, 2.45) is 0 Å². The number of hydrogen-bond donors (Lipinski definition) is 1. The second kappa shape index (κ2) is 7.67. The lowest BCUT2D eigenvalue weighted by molar-refractivity contribution is 0.0225. The van der Waals surface area contributed by atoms with Crippen LogP contribution in [0.2, 0.25) is 0 Å². The van der Waals surface area contributed by atoms with E-state index in [2.05, 4.69) is 31.3 Å². The minimum atomic E-state index is -0.429. The number of amides is 1. The Labute approximate surface area is 144 Å². The zero-order chi connectivity index (χ0) is 17.0. The number of nitrogens with zero attached hydrogens (tertiary/aromatic N) is 1. The van der Waals surface area contributed by atoms with Crippen LogP contribution in [-0.2, 0) is 11.2 Å². The van der Waals surface area contributed by atoms with E-state index in [1.54, 1.807) is 0 Å². The quantitative estimate of drug-likeness (QED) is 0.883. The third-order valence-electron chi connectivity index (χ3n) is 4.01. The third-order valence-corrected chi connectivity index (χ3v) is 5.03. The molecule has 0 aliphatic carbocycles. The normalized spacial score (nSPS) is 19.9. The van der Waals surface area contributed by atoms with Gasteiger partial charge >= 0.3 is 6.09 Å². The van der Waals surface area contributed by atoms with Gasteiger partial charge in [0.1, 0.15) is 5.60 Å². The standard InChI is InChI=1S/C18H30N2O2S/c1-13(11-16-9-8-14(2)23-16)19-12-15-7-6-10-20(15)17(21)22-18(3,4)5/h8-9,13,15,19H,6-7,10-12H2,1-5H3. The second-order valence-electron chi connectivity index (χ2n) is 7.50. The minimum Gasteiger partial charge on any atom is -0.444 e. The van der Waals surface area contributed by atoms with Crippen LogP contribution in [0.5, 0.6) is 0 Å². The van der Waals surface area contributed by atoms with Crippen molar-refractivity contribution in [1.82, 2.24) is 10.2 Å². The molecule has 2 atom stereocenters. The molecule has 1 amide bonds. The lowest BCUT2D eigenvalue weighted by Gasteiger charge is -2.29. The van der Waals surface area contributed by atoms with Gasteiger partial charge in [0.2, 0.25) is 0 Å². The Morgan fingerprint density at radius 1 is 1.48 bits per heavy atom. The highest BCUT2D eigenvalue weighted by Gasteiger charge is 2.32. The van der Waals surface area contributed by atoms with Gasteiger partial charge in [-0.3, -0.25) is 0 Å². The molecular weight excluding hydrogens is 308 g/mol. The van der Waals surface area contributed by atoms with Crippen molar-refractivity contribution >= 4 is 17.4 Å². The number of rotatable bonds is 5. The fourth-order valence-electron chi connectivity index (χ4n) is 2.91. The van der Waals surface area contributed by atoms with Crippen molar-refractivity contribution in [3.63, 3.8) is 0 Å². The summed E-state index contributed by atoms with van der Waals surface area (Å²) in [7, 11) is 0. The Bertz CT molecular complexity index is 521. The van der Waals surface area contributed by atoms with Crippen LogP contribution in [0.4, 0.5) is 4.79 Å². The molecule has 5 heteroatoms. The SMILES string of the molecule is Cc1ccc(CC(C)NCC2CCCN2C(=O)OC(C)(C)C)s1. The molecule has 0 bridgehead atoms. The number of likely N-dealkylation sites (tertiary alicyclic amines) is 1. The number of nitrogens with one attached hydrogen (secondary N) is 1. The van der Waals surface area contributed by atoms with Crippen molar-refractivity contribution in [3.05, 3.63) is 21.9 Å². The first-order valence-corrected chi connectivity index (χ1v) is 9.34. The van der Waals surface area contributed by atoms with E-state index >= 15 is 0 Å². The zero-order valence-corrected chi connectivity index (χ0v) is 15.8. The molecule has 2 heterocycles. The molecule has 23 heavy (non-hydrogen) atoms. The summed E-state index contributed by atoms with van der Waals surface area (Å²) in [5.74, 6) is 0. The number of carbonyl (C=O) groups excluding carboxylic acids is 1. The summed E-state index contributed by atoms with van der Waals surface area (Å²) in [6, 6.07) is 5.04. The van der Waals surface area contributed by atoms with Crippen LogP contribution in [0.3, 0.4) is 0 Å². The molecule has 4 nitrogen and oxygen atoms in total. The average Bonchev–Trinajstić information content (AvgIpc) is 3.03. The molecule has 130 valence electrons. The van der Waals surface area contributed by atoms with Crippen molar-refractivity contribution < 1.29 is 9.53 Å². The summed E-state index contributed by atoms with van der Waals surface area (Å²) in [5.41, 5.74) is -0.429. The van der Waals surface area contributed by atoms with Crippen LogP contribution < -0.4 is 5.32 Å². The van der Waals surface area contributed by atoms with Gasteiger partial charge in [-0.1, -0.05) is 0 Å². The highest BCUT2D eigenvalue weighted by Crippen LogP contribution is 2.21. The van der Waals surface area contributed by atoms with Gasteiger partial charge in [-0.05, 0) is 66.0 Å². The summed E-state index contributed by atoms with van der Waals surface area (Å²) < 4.78 is 5.52. The number of ether oxygens (including phenoxy) is 1. The Kier molecular flexibility index (Phi) is 6.09. The number of thiophene rings is 1. The van der Waals surface area contributed by atoms with Crippen molar-refractivity contribution in [1.29, 1.82) is 0 Å². The van der Waals surface area contributed by atoms with Gasteiger partial charge in [0.25, 0.3) is 0 Å². The fraction of sp³-hybridized carbons (Fsp3) is 0.722. The number of aryl methyl sites for hydroxylation is 1. The Morgan fingerprint density at radius 3 is 2.83 bits per heavy atom. The minimum absolute atomic E-state index is 0.177. The maximum Gasteiger partial charge on any atom is 0.410 e. The highest BCUT2D eigenvalue weighted by molar-refractivity contribution is 7.11. The van der Waals surface area contributed by atoms with Crippen molar-refractivity contribution in [3.8, 4) is 0 Å². The maximum absolute atomic E-state index is 12.3. The van der Waals surface area contributed by atoms with Gasteiger partial charge in [0.05, 0.1) is 0 Å². The topological polar surface area (TPSA) is 41.6 Å². The Balaban J connectivity index is 1.80. The molecular formula is C18H30N2O2S. The van der Waals surface area contributed by atoms with E-state index < -0.39 is 5.60 Å². The van der Waals surface area contributed by atoms with Gasteiger partial charge in [-0.15, -0.1) is 11.3 Å². The van der Waals surface area contributed by atoms with Crippen LogP contribution >= 0.6 is 11.3 Å². The molecule has 1 aliphatic heterocycles. The van der Waals surface area contributed by atoms with E-state index in [1.807, 2.05) is 37.0 Å². The van der Waals surface area contributed by atoms with E-state index in [1.165, 1.54) is 9.75 Å². The molecule has 0 spiro atoms. The number of hydrogen-bond acceptors (Lipinski definition) is 4. The molecule has 0 saturated carbocycles. The highest BCUT2D eigenvalue weighted by atomic mass is 32.1.